The second-order valence-corrected chi connectivity index (χ2v) is 4.91. The molecule has 0 aliphatic carbocycles. The Hall–Kier alpha value is -1.60. The minimum Gasteiger partial charge on any atom is -0.395 e. The van der Waals surface area contributed by atoms with Gasteiger partial charge < -0.3 is 14.6 Å². The quantitative estimate of drug-likeness (QED) is 0.473. The summed E-state index contributed by atoms with van der Waals surface area (Å²) in [7, 11) is 0. The van der Waals surface area contributed by atoms with E-state index in [1.807, 2.05) is 0 Å². The molecule has 1 fully saturated rings. The molecule has 1 aromatic heterocycles. The largest absolute Gasteiger partial charge is 0.433 e. The summed E-state index contributed by atoms with van der Waals surface area (Å²) in [5.41, 5.74) is 0. The summed E-state index contributed by atoms with van der Waals surface area (Å²) in [6.45, 7) is 3.99. The summed E-state index contributed by atoms with van der Waals surface area (Å²) < 4.78 is 4.83. The zero-order chi connectivity index (χ0) is 14.4. The van der Waals surface area contributed by atoms with Crippen LogP contribution in [0.2, 0.25) is 0 Å². The van der Waals surface area contributed by atoms with Gasteiger partial charge in [-0.3, -0.25) is 14.9 Å². The standard InChI is InChI=1S/C13H19N3O4.ClH/c17-13(11-5-6-12(20-11)16(18)19)14-7-1-2-8-15-9-3-4-10-15;/h5-6H,1-4,7-10H2,(H,14,17);1H. The van der Waals surface area contributed by atoms with Crippen LogP contribution < -0.4 is 5.32 Å². The number of unbranched alkanes of at least 4 members (excludes halogenated alkanes) is 1. The minimum atomic E-state index is -0.660. The lowest BCUT2D eigenvalue weighted by Gasteiger charge is -2.13. The van der Waals surface area contributed by atoms with E-state index in [4.69, 9.17) is 4.42 Å². The van der Waals surface area contributed by atoms with Crippen molar-refractivity contribution < 1.29 is 14.1 Å². The number of halogens is 1. The molecule has 1 aromatic rings. The van der Waals surface area contributed by atoms with E-state index in [0.29, 0.717) is 6.54 Å². The molecular formula is C13H20ClN3O4. The van der Waals surface area contributed by atoms with Gasteiger partial charge in [-0.15, -0.1) is 12.4 Å². The van der Waals surface area contributed by atoms with Gasteiger partial charge in [-0.25, -0.2) is 0 Å². The van der Waals surface area contributed by atoms with E-state index >= 15 is 0 Å². The van der Waals surface area contributed by atoms with Crippen LogP contribution in [0, 0.1) is 10.1 Å². The number of nitrogens with zero attached hydrogens (tertiary/aromatic N) is 2. The van der Waals surface area contributed by atoms with Crippen LogP contribution in [-0.2, 0) is 0 Å². The number of amides is 1. The molecule has 0 bridgehead atoms. The van der Waals surface area contributed by atoms with E-state index in [1.54, 1.807) is 0 Å². The molecule has 0 atom stereocenters. The number of carbonyl (C=O) groups is 1. The first-order valence-electron chi connectivity index (χ1n) is 6.91. The Bertz CT molecular complexity index is 472. The molecule has 1 aliphatic heterocycles. The van der Waals surface area contributed by atoms with Crippen LogP contribution in [0.3, 0.4) is 0 Å². The van der Waals surface area contributed by atoms with Gasteiger partial charge in [0, 0.05) is 6.54 Å². The first-order chi connectivity index (χ1) is 9.66. The summed E-state index contributed by atoms with van der Waals surface area (Å²) in [6.07, 6.45) is 4.51. The molecule has 7 nitrogen and oxygen atoms in total. The summed E-state index contributed by atoms with van der Waals surface area (Å²) in [4.78, 5) is 23.9. The van der Waals surface area contributed by atoms with Crippen LogP contribution in [0.15, 0.2) is 16.5 Å². The maximum atomic E-state index is 11.7. The number of rotatable bonds is 7. The molecule has 21 heavy (non-hydrogen) atoms. The lowest BCUT2D eigenvalue weighted by Crippen LogP contribution is -2.25. The zero-order valence-electron chi connectivity index (χ0n) is 11.7. The average Bonchev–Trinajstić information content (AvgIpc) is 3.09. The fraction of sp³-hybridized carbons (Fsp3) is 0.615. The third-order valence-corrected chi connectivity index (χ3v) is 3.38. The molecule has 118 valence electrons. The van der Waals surface area contributed by atoms with Crippen LogP contribution in [0.5, 0.6) is 0 Å². The van der Waals surface area contributed by atoms with Crippen molar-refractivity contribution in [2.45, 2.75) is 25.7 Å². The van der Waals surface area contributed by atoms with Crippen LogP contribution in [0.1, 0.15) is 36.2 Å². The normalized spacial score (nSPS) is 14.7. The van der Waals surface area contributed by atoms with Crippen molar-refractivity contribution in [2.24, 2.45) is 0 Å². The SMILES string of the molecule is Cl.O=C(NCCCCN1CCCC1)c1ccc([N+](=O)[O-])o1. The molecule has 2 heterocycles. The first-order valence-corrected chi connectivity index (χ1v) is 6.91. The molecule has 1 aliphatic rings. The molecule has 1 saturated heterocycles. The zero-order valence-corrected chi connectivity index (χ0v) is 12.6. The molecule has 8 heteroatoms. The average molecular weight is 318 g/mol. The van der Waals surface area contributed by atoms with Gasteiger partial charge in [0.2, 0.25) is 0 Å². The second kappa shape index (κ2) is 8.63. The number of carbonyl (C=O) groups excluding carboxylic acids is 1. The van der Waals surface area contributed by atoms with Gasteiger partial charge in [-0.05, 0) is 51.4 Å². The number of nitrogens with one attached hydrogen (secondary N) is 1. The molecular weight excluding hydrogens is 298 g/mol. The van der Waals surface area contributed by atoms with Crippen molar-refractivity contribution in [2.75, 3.05) is 26.2 Å². The maximum absolute atomic E-state index is 11.7. The summed E-state index contributed by atoms with van der Waals surface area (Å²) in [5, 5.41) is 13.1. The van der Waals surface area contributed by atoms with E-state index in [-0.39, 0.29) is 18.2 Å². The van der Waals surface area contributed by atoms with Crippen molar-refractivity contribution in [3.05, 3.63) is 28.0 Å². The Labute approximate surface area is 129 Å². The highest BCUT2D eigenvalue weighted by Gasteiger charge is 2.16. The number of furan rings is 1. The molecule has 0 unspecified atom stereocenters. The minimum absolute atomic E-state index is 0. The first kappa shape index (κ1) is 17.5. The van der Waals surface area contributed by atoms with Gasteiger partial charge in [0.15, 0.2) is 5.76 Å². The van der Waals surface area contributed by atoms with Gasteiger partial charge in [-0.1, -0.05) is 0 Å². The number of hydrogen-bond acceptors (Lipinski definition) is 5. The summed E-state index contributed by atoms with van der Waals surface area (Å²) in [6, 6.07) is 2.50. The molecule has 1 N–H and O–H groups in total. The highest BCUT2D eigenvalue weighted by atomic mass is 35.5. The Morgan fingerprint density at radius 3 is 2.67 bits per heavy atom. The monoisotopic (exact) mass is 317 g/mol. The predicted octanol–water partition coefficient (Wildman–Crippen LogP) is 2.22. The molecule has 0 radical (unpaired) electrons. The fourth-order valence-corrected chi connectivity index (χ4v) is 2.30. The Kier molecular flexibility index (Phi) is 7.18. The van der Waals surface area contributed by atoms with E-state index in [1.165, 1.54) is 38.1 Å². The van der Waals surface area contributed by atoms with Crippen LogP contribution >= 0.6 is 12.4 Å². The Balaban J connectivity index is 0.00000220. The number of hydrogen-bond donors (Lipinski definition) is 1. The summed E-state index contributed by atoms with van der Waals surface area (Å²) >= 11 is 0. The van der Waals surface area contributed by atoms with Gasteiger partial charge in [0.25, 0.3) is 5.91 Å². The second-order valence-electron chi connectivity index (χ2n) is 4.91. The van der Waals surface area contributed by atoms with Gasteiger partial charge in [-0.2, -0.15) is 0 Å². The topological polar surface area (TPSA) is 88.6 Å². The van der Waals surface area contributed by atoms with Crippen molar-refractivity contribution in [1.82, 2.24) is 10.2 Å². The molecule has 1 amide bonds. The fourth-order valence-electron chi connectivity index (χ4n) is 2.30. The van der Waals surface area contributed by atoms with Gasteiger partial charge in [0.05, 0.1) is 6.07 Å². The number of nitro groups is 1. The van der Waals surface area contributed by atoms with Crippen molar-refractivity contribution in [3.63, 3.8) is 0 Å². The van der Waals surface area contributed by atoms with Crippen LogP contribution in [-0.4, -0.2) is 41.9 Å². The van der Waals surface area contributed by atoms with E-state index in [0.717, 1.165) is 19.4 Å². The maximum Gasteiger partial charge on any atom is 0.433 e. The van der Waals surface area contributed by atoms with Crippen molar-refractivity contribution in [3.8, 4) is 0 Å². The lowest BCUT2D eigenvalue weighted by molar-refractivity contribution is -0.402. The van der Waals surface area contributed by atoms with E-state index in [2.05, 4.69) is 10.2 Å². The molecule has 0 saturated carbocycles. The summed E-state index contributed by atoms with van der Waals surface area (Å²) in [5.74, 6) is -0.834. The molecule has 0 aromatic carbocycles. The molecule has 0 spiro atoms. The Morgan fingerprint density at radius 1 is 1.33 bits per heavy atom. The van der Waals surface area contributed by atoms with Crippen LogP contribution in [0.25, 0.3) is 0 Å². The third kappa shape index (κ3) is 5.35. The highest BCUT2D eigenvalue weighted by molar-refractivity contribution is 5.91. The smallest absolute Gasteiger partial charge is 0.395 e. The van der Waals surface area contributed by atoms with E-state index in [9.17, 15) is 14.9 Å². The van der Waals surface area contributed by atoms with Crippen molar-refractivity contribution >= 4 is 24.2 Å². The highest BCUT2D eigenvalue weighted by Crippen LogP contribution is 2.15. The Morgan fingerprint density at radius 2 is 2.05 bits per heavy atom. The third-order valence-electron chi connectivity index (χ3n) is 3.38. The number of likely N-dealkylation sites (tertiary alicyclic amines) is 1. The van der Waals surface area contributed by atoms with Crippen LogP contribution in [0.4, 0.5) is 5.88 Å². The predicted molar refractivity (Wildman–Crippen MR) is 79.9 cm³/mol. The molecule has 2 rings (SSSR count). The van der Waals surface area contributed by atoms with Gasteiger partial charge >= 0.3 is 5.88 Å². The lowest BCUT2D eigenvalue weighted by atomic mass is 10.3. The van der Waals surface area contributed by atoms with E-state index < -0.39 is 16.7 Å². The van der Waals surface area contributed by atoms with Gasteiger partial charge in [0.1, 0.15) is 4.92 Å². The van der Waals surface area contributed by atoms with Crippen molar-refractivity contribution in [1.29, 1.82) is 0 Å².